The number of methoxy groups -OCH3 is 1. The minimum Gasteiger partial charge on any atom is -0.497 e. The molecule has 2 aromatic carbocycles. The molecule has 0 bridgehead atoms. The molecule has 0 unspecified atom stereocenters. The highest BCUT2D eigenvalue weighted by Gasteiger charge is 2.18. The summed E-state index contributed by atoms with van der Waals surface area (Å²) in [6.45, 7) is 1.82. The Balaban J connectivity index is 2.18. The second kappa shape index (κ2) is 6.07. The highest BCUT2D eigenvalue weighted by atomic mass is 32.2. The van der Waals surface area contributed by atoms with Gasteiger partial charge in [-0.15, -0.1) is 0 Å². The van der Waals surface area contributed by atoms with E-state index >= 15 is 0 Å². The quantitative estimate of drug-likeness (QED) is 0.921. The van der Waals surface area contributed by atoms with Crippen LogP contribution >= 0.6 is 0 Å². The number of ether oxygens (including phenoxy) is 1. The summed E-state index contributed by atoms with van der Waals surface area (Å²) in [4.78, 5) is 0.223. The lowest BCUT2D eigenvalue weighted by Gasteiger charge is -2.14. The monoisotopic (exact) mass is 291 g/mol. The van der Waals surface area contributed by atoms with E-state index in [1.165, 1.54) is 12.1 Å². The highest BCUT2D eigenvalue weighted by Crippen LogP contribution is 2.19. The van der Waals surface area contributed by atoms with Crippen LogP contribution in [0.2, 0.25) is 0 Å². The Morgan fingerprint density at radius 3 is 2.15 bits per heavy atom. The summed E-state index contributed by atoms with van der Waals surface area (Å²) in [6, 6.07) is 15.5. The van der Waals surface area contributed by atoms with Gasteiger partial charge in [-0.1, -0.05) is 30.3 Å². The fourth-order valence-electron chi connectivity index (χ4n) is 1.87. The Morgan fingerprint density at radius 2 is 1.60 bits per heavy atom. The van der Waals surface area contributed by atoms with Crippen LogP contribution < -0.4 is 9.46 Å². The topological polar surface area (TPSA) is 55.4 Å². The third kappa shape index (κ3) is 3.37. The molecule has 0 saturated heterocycles. The van der Waals surface area contributed by atoms with E-state index in [1.807, 2.05) is 37.3 Å². The molecule has 106 valence electrons. The Hall–Kier alpha value is -1.85. The SMILES string of the molecule is COc1ccc(S(=O)(=O)N[C@@H](C)c2ccccc2)cc1. The van der Waals surface area contributed by atoms with Crippen LogP contribution in [0, 0.1) is 0 Å². The largest absolute Gasteiger partial charge is 0.497 e. The van der Waals surface area contributed by atoms with Crippen LogP contribution in [-0.4, -0.2) is 15.5 Å². The molecule has 0 fully saturated rings. The van der Waals surface area contributed by atoms with Crippen molar-refractivity contribution in [3.63, 3.8) is 0 Å². The van der Waals surface area contributed by atoms with E-state index in [0.29, 0.717) is 5.75 Å². The Labute approximate surface area is 119 Å². The second-order valence-corrected chi connectivity index (χ2v) is 6.14. The molecule has 0 amide bonds. The molecule has 20 heavy (non-hydrogen) atoms. The maximum atomic E-state index is 12.3. The first-order valence-corrected chi connectivity index (χ1v) is 7.72. The minimum atomic E-state index is -3.54. The van der Waals surface area contributed by atoms with Gasteiger partial charge in [-0.2, -0.15) is 0 Å². The summed E-state index contributed by atoms with van der Waals surface area (Å²) in [5.74, 6) is 0.625. The summed E-state index contributed by atoms with van der Waals surface area (Å²) in [6.07, 6.45) is 0. The Bertz CT molecular complexity index is 651. The first kappa shape index (κ1) is 14.6. The van der Waals surface area contributed by atoms with Gasteiger partial charge in [0.1, 0.15) is 5.75 Å². The first-order chi connectivity index (χ1) is 9.53. The van der Waals surface area contributed by atoms with Crippen molar-refractivity contribution in [2.24, 2.45) is 0 Å². The molecule has 0 aromatic heterocycles. The molecule has 0 heterocycles. The van der Waals surface area contributed by atoms with Crippen molar-refractivity contribution in [2.45, 2.75) is 17.9 Å². The zero-order chi connectivity index (χ0) is 14.6. The van der Waals surface area contributed by atoms with Crippen molar-refractivity contribution in [2.75, 3.05) is 7.11 Å². The van der Waals surface area contributed by atoms with E-state index in [-0.39, 0.29) is 10.9 Å². The molecule has 0 aliphatic heterocycles. The molecule has 5 heteroatoms. The van der Waals surface area contributed by atoms with E-state index in [1.54, 1.807) is 19.2 Å². The minimum absolute atomic E-state index is 0.223. The van der Waals surface area contributed by atoms with Crippen LogP contribution in [0.3, 0.4) is 0 Å². The van der Waals surface area contributed by atoms with Crippen molar-refractivity contribution < 1.29 is 13.2 Å². The lowest BCUT2D eigenvalue weighted by Crippen LogP contribution is -2.26. The van der Waals surface area contributed by atoms with Gasteiger partial charge in [0, 0.05) is 6.04 Å². The maximum absolute atomic E-state index is 12.3. The summed E-state index contributed by atoms with van der Waals surface area (Å²) >= 11 is 0. The molecule has 0 saturated carbocycles. The molecule has 0 aliphatic carbocycles. The zero-order valence-electron chi connectivity index (χ0n) is 11.4. The van der Waals surface area contributed by atoms with Crippen LogP contribution in [0.1, 0.15) is 18.5 Å². The van der Waals surface area contributed by atoms with Crippen LogP contribution in [0.5, 0.6) is 5.75 Å². The summed E-state index contributed by atoms with van der Waals surface area (Å²) in [5.41, 5.74) is 0.921. The molecule has 0 radical (unpaired) electrons. The van der Waals surface area contributed by atoms with Gasteiger partial charge in [0.25, 0.3) is 0 Å². The van der Waals surface area contributed by atoms with Gasteiger partial charge in [-0.3, -0.25) is 0 Å². The van der Waals surface area contributed by atoms with Gasteiger partial charge in [-0.05, 0) is 36.8 Å². The number of hydrogen-bond donors (Lipinski definition) is 1. The van der Waals surface area contributed by atoms with Crippen molar-refractivity contribution in [3.8, 4) is 5.75 Å². The molecular weight excluding hydrogens is 274 g/mol. The molecule has 0 aliphatic rings. The predicted molar refractivity (Wildman–Crippen MR) is 78.2 cm³/mol. The van der Waals surface area contributed by atoms with E-state index in [2.05, 4.69) is 4.72 Å². The third-order valence-corrected chi connectivity index (χ3v) is 4.56. The Kier molecular flexibility index (Phi) is 4.42. The molecule has 2 rings (SSSR count). The van der Waals surface area contributed by atoms with Crippen molar-refractivity contribution >= 4 is 10.0 Å². The number of rotatable bonds is 5. The number of nitrogens with one attached hydrogen (secondary N) is 1. The van der Waals surface area contributed by atoms with Crippen molar-refractivity contribution in [3.05, 3.63) is 60.2 Å². The first-order valence-electron chi connectivity index (χ1n) is 6.24. The zero-order valence-corrected chi connectivity index (χ0v) is 12.2. The maximum Gasteiger partial charge on any atom is 0.241 e. The van der Waals surface area contributed by atoms with Gasteiger partial charge in [0.05, 0.1) is 12.0 Å². The van der Waals surface area contributed by atoms with Crippen molar-refractivity contribution in [1.82, 2.24) is 4.72 Å². The predicted octanol–water partition coefficient (Wildman–Crippen LogP) is 2.73. The number of benzene rings is 2. The second-order valence-electron chi connectivity index (χ2n) is 4.43. The fraction of sp³-hybridized carbons (Fsp3) is 0.200. The molecular formula is C15H17NO3S. The van der Waals surface area contributed by atoms with Crippen LogP contribution in [0.4, 0.5) is 0 Å². The summed E-state index contributed by atoms with van der Waals surface area (Å²) in [5, 5.41) is 0. The average molecular weight is 291 g/mol. The van der Waals surface area contributed by atoms with E-state index < -0.39 is 10.0 Å². The smallest absolute Gasteiger partial charge is 0.241 e. The third-order valence-electron chi connectivity index (χ3n) is 3.00. The highest BCUT2D eigenvalue weighted by molar-refractivity contribution is 7.89. The van der Waals surface area contributed by atoms with Gasteiger partial charge in [0.2, 0.25) is 10.0 Å². The van der Waals surface area contributed by atoms with Gasteiger partial charge in [0.15, 0.2) is 0 Å². The number of hydrogen-bond acceptors (Lipinski definition) is 3. The average Bonchev–Trinajstić information content (AvgIpc) is 2.48. The molecule has 2 aromatic rings. The molecule has 1 atom stereocenters. The molecule has 0 spiro atoms. The number of sulfonamides is 1. The normalized spacial score (nSPS) is 12.9. The lowest BCUT2D eigenvalue weighted by molar-refractivity contribution is 0.414. The Morgan fingerprint density at radius 1 is 1.00 bits per heavy atom. The summed E-state index contributed by atoms with van der Waals surface area (Å²) < 4.78 is 32.2. The standard InChI is InChI=1S/C15H17NO3S/c1-12(13-6-4-3-5-7-13)16-20(17,18)15-10-8-14(19-2)9-11-15/h3-12,16H,1-2H3/t12-/m0/s1. The van der Waals surface area contributed by atoms with E-state index in [0.717, 1.165) is 5.56 Å². The van der Waals surface area contributed by atoms with Crippen molar-refractivity contribution in [1.29, 1.82) is 0 Å². The fourth-order valence-corrected chi connectivity index (χ4v) is 3.10. The molecule has 4 nitrogen and oxygen atoms in total. The summed E-state index contributed by atoms with van der Waals surface area (Å²) in [7, 11) is -2.00. The van der Waals surface area contributed by atoms with E-state index in [9.17, 15) is 8.42 Å². The lowest BCUT2D eigenvalue weighted by atomic mass is 10.1. The van der Waals surface area contributed by atoms with Gasteiger partial charge < -0.3 is 4.74 Å². The van der Waals surface area contributed by atoms with Gasteiger partial charge >= 0.3 is 0 Å². The van der Waals surface area contributed by atoms with Gasteiger partial charge in [-0.25, -0.2) is 13.1 Å². The van der Waals surface area contributed by atoms with Crippen LogP contribution in [0.15, 0.2) is 59.5 Å². The van der Waals surface area contributed by atoms with Crippen LogP contribution in [0.25, 0.3) is 0 Å². The molecule has 1 N–H and O–H groups in total. The van der Waals surface area contributed by atoms with Crippen LogP contribution in [-0.2, 0) is 10.0 Å². The van der Waals surface area contributed by atoms with E-state index in [4.69, 9.17) is 4.74 Å².